The Kier molecular flexibility index (Phi) is 5.31. The molecule has 0 aliphatic carbocycles. The molecule has 124 valence electrons. The average Bonchev–Trinajstić information content (AvgIpc) is 2.67. The maximum atomic E-state index is 12.3. The molecule has 0 radical (unpaired) electrons. The van der Waals surface area contributed by atoms with E-state index in [0.717, 1.165) is 21.2 Å². The minimum absolute atomic E-state index is 0.210. The fourth-order valence-corrected chi connectivity index (χ4v) is 2.64. The van der Waals surface area contributed by atoms with Crippen LogP contribution in [0.25, 0.3) is 16.8 Å². The summed E-state index contributed by atoms with van der Waals surface area (Å²) in [7, 11) is 0. The third kappa shape index (κ3) is 4.37. The van der Waals surface area contributed by atoms with Gasteiger partial charge in [0, 0.05) is 10.0 Å². The molecule has 0 heterocycles. The number of nitrogens with one attached hydrogen (secondary N) is 2. The van der Waals surface area contributed by atoms with Crippen LogP contribution in [0.4, 0.5) is 0 Å². The maximum Gasteiger partial charge on any atom is 0.269 e. The molecular weight excluding hydrogens is 376 g/mol. The fraction of sp³-hybridized carbons (Fsp3) is 0. The molecule has 0 aliphatic heterocycles. The van der Waals surface area contributed by atoms with E-state index in [2.05, 4.69) is 33.4 Å². The highest BCUT2D eigenvalue weighted by atomic mass is 79.9. The van der Waals surface area contributed by atoms with Crippen molar-refractivity contribution in [2.45, 2.75) is 0 Å². The van der Waals surface area contributed by atoms with Gasteiger partial charge in [0.1, 0.15) is 0 Å². The first-order valence-corrected chi connectivity index (χ1v) is 8.59. The predicted octanol–water partition coefficient (Wildman–Crippen LogP) is 5.02. The number of rotatable bonds is 5. The smallest absolute Gasteiger partial charge is 0.269 e. The molecule has 3 nitrogen and oxygen atoms in total. The molecule has 0 saturated carbocycles. The summed E-state index contributed by atoms with van der Waals surface area (Å²) in [5.41, 5.74) is 9.83. The second-order valence-electron chi connectivity index (χ2n) is 5.51. The van der Waals surface area contributed by atoms with Gasteiger partial charge in [0.15, 0.2) is 0 Å². The number of carbonyl (C=O) groups excluding carboxylic acids is 1. The van der Waals surface area contributed by atoms with E-state index in [1.807, 2.05) is 78.9 Å². The Hall–Kier alpha value is -2.85. The molecule has 2 N–H and O–H groups in total. The van der Waals surface area contributed by atoms with E-state index in [-0.39, 0.29) is 5.91 Å². The van der Waals surface area contributed by atoms with Gasteiger partial charge >= 0.3 is 0 Å². The standard InChI is InChI=1S/C21H17BrN2O/c1-15(16-11-13-20(22)14-12-16)23-24-21(25)19-9-7-18(8-10-19)17-5-3-2-4-6-17/h2-14,23H,1H2,(H,24,25). The number of halogens is 1. The van der Waals surface area contributed by atoms with Gasteiger partial charge < -0.3 is 0 Å². The van der Waals surface area contributed by atoms with E-state index in [0.29, 0.717) is 11.3 Å². The SMILES string of the molecule is C=C(NNC(=O)c1ccc(-c2ccccc2)cc1)c1ccc(Br)cc1. The first-order chi connectivity index (χ1) is 12.1. The lowest BCUT2D eigenvalue weighted by atomic mass is 10.0. The van der Waals surface area contributed by atoms with Crippen LogP contribution in [0, 0.1) is 0 Å². The first-order valence-electron chi connectivity index (χ1n) is 7.80. The lowest BCUT2D eigenvalue weighted by Crippen LogP contribution is -2.35. The highest BCUT2D eigenvalue weighted by Crippen LogP contribution is 2.19. The van der Waals surface area contributed by atoms with Crippen LogP contribution >= 0.6 is 15.9 Å². The first kappa shape index (κ1) is 17.0. The predicted molar refractivity (Wildman–Crippen MR) is 106 cm³/mol. The molecule has 0 bridgehead atoms. The van der Waals surface area contributed by atoms with Crippen molar-refractivity contribution in [3.63, 3.8) is 0 Å². The Morgan fingerprint density at radius 3 is 1.92 bits per heavy atom. The van der Waals surface area contributed by atoms with Crippen molar-refractivity contribution >= 4 is 27.5 Å². The van der Waals surface area contributed by atoms with Gasteiger partial charge in [-0.15, -0.1) is 0 Å². The van der Waals surface area contributed by atoms with Gasteiger partial charge in [0.05, 0.1) is 5.70 Å². The van der Waals surface area contributed by atoms with E-state index in [1.54, 1.807) is 0 Å². The van der Waals surface area contributed by atoms with Crippen molar-refractivity contribution in [3.8, 4) is 11.1 Å². The molecule has 0 fully saturated rings. The highest BCUT2D eigenvalue weighted by molar-refractivity contribution is 9.10. The average molecular weight is 393 g/mol. The number of benzene rings is 3. The summed E-state index contributed by atoms with van der Waals surface area (Å²) in [5.74, 6) is -0.210. The number of hydrogen-bond acceptors (Lipinski definition) is 2. The molecule has 0 saturated heterocycles. The quantitative estimate of drug-likeness (QED) is 0.598. The van der Waals surface area contributed by atoms with E-state index in [1.165, 1.54) is 0 Å². The lowest BCUT2D eigenvalue weighted by molar-refractivity contribution is 0.0942. The third-order valence-electron chi connectivity index (χ3n) is 3.77. The molecule has 1 amide bonds. The van der Waals surface area contributed by atoms with Crippen LogP contribution in [0.3, 0.4) is 0 Å². The molecule has 0 atom stereocenters. The van der Waals surface area contributed by atoms with Gasteiger partial charge in [-0.2, -0.15) is 0 Å². The van der Waals surface area contributed by atoms with Gasteiger partial charge in [-0.25, -0.2) is 0 Å². The van der Waals surface area contributed by atoms with Gasteiger partial charge in [0.2, 0.25) is 0 Å². The van der Waals surface area contributed by atoms with Crippen LogP contribution in [0.5, 0.6) is 0 Å². The Bertz CT molecular complexity index is 872. The largest absolute Gasteiger partial charge is 0.298 e. The van der Waals surface area contributed by atoms with Crippen molar-refractivity contribution in [1.82, 2.24) is 10.9 Å². The molecule has 25 heavy (non-hydrogen) atoms. The molecule has 0 spiro atoms. The normalized spacial score (nSPS) is 10.1. The van der Waals surface area contributed by atoms with E-state index in [9.17, 15) is 4.79 Å². The molecular formula is C21H17BrN2O. The topological polar surface area (TPSA) is 41.1 Å². The number of carbonyl (C=O) groups is 1. The van der Waals surface area contributed by atoms with Crippen LogP contribution in [0.2, 0.25) is 0 Å². The zero-order valence-corrected chi connectivity index (χ0v) is 15.1. The van der Waals surface area contributed by atoms with Gasteiger partial charge in [-0.05, 0) is 41.0 Å². The van der Waals surface area contributed by atoms with E-state index < -0.39 is 0 Å². The van der Waals surface area contributed by atoms with E-state index in [4.69, 9.17) is 0 Å². The molecule has 4 heteroatoms. The molecule has 3 aromatic carbocycles. The second kappa shape index (κ2) is 7.81. The van der Waals surface area contributed by atoms with Crippen molar-refractivity contribution < 1.29 is 4.79 Å². The third-order valence-corrected chi connectivity index (χ3v) is 4.30. The second-order valence-corrected chi connectivity index (χ2v) is 6.42. The summed E-state index contributed by atoms with van der Waals surface area (Å²) in [5, 5.41) is 0. The maximum absolute atomic E-state index is 12.3. The minimum Gasteiger partial charge on any atom is -0.298 e. The summed E-state index contributed by atoms with van der Waals surface area (Å²) >= 11 is 3.39. The van der Waals surface area contributed by atoms with Crippen LogP contribution < -0.4 is 10.9 Å². The van der Waals surface area contributed by atoms with Gasteiger partial charge in [-0.3, -0.25) is 15.6 Å². The highest BCUT2D eigenvalue weighted by Gasteiger charge is 2.06. The minimum atomic E-state index is -0.210. The van der Waals surface area contributed by atoms with Crippen molar-refractivity contribution in [2.75, 3.05) is 0 Å². The molecule has 3 rings (SSSR count). The molecule has 3 aromatic rings. The zero-order chi connectivity index (χ0) is 17.6. The Morgan fingerprint density at radius 1 is 0.720 bits per heavy atom. The van der Waals surface area contributed by atoms with Crippen LogP contribution in [-0.2, 0) is 0 Å². The van der Waals surface area contributed by atoms with Gasteiger partial charge in [0.25, 0.3) is 5.91 Å². The summed E-state index contributed by atoms with van der Waals surface area (Å²) in [6, 6.07) is 25.2. The molecule has 0 aliphatic rings. The van der Waals surface area contributed by atoms with Gasteiger partial charge in [-0.1, -0.05) is 77.1 Å². The fourth-order valence-electron chi connectivity index (χ4n) is 2.37. The van der Waals surface area contributed by atoms with E-state index >= 15 is 0 Å². The Morgan fingerprint density at radius 2 is 1.28 bits per heavy atom. The summed E-state index contributed by atoms with van der Waals surface area (Å²) < 4.78 is 0.992. The Balaban J connectivity index is 1.61. The summed E-state index contributed by atoms with van der Waals surface area (Å²) in [6.45, 7) is 3.93. The number of hydrazine groups is 1. The van der Waals surface area contributed by atoms with Crippen LogP contribution in [0.15, 0.2) is 89.9 Å². The van der Waals surface area contributed by atoms with Crippen molar-refractivity contribution in [1.29, 1.82) is 0 Å². The lowest BCUT2D eigenvalue weighted by Gasteiger charge is -2.11. The summed E-state index contributed by atoms with van der Waals surface area (Å²) in [6.07, 6.45) is 0. The Labute approximate surface area is 155 Å². The monoisotopic (exact) mass is 392 g/mol. The zero-order valence-electron chi connectivity index (χ0n) is 13.5. The van der Waals surface area contributed by atoms with Crippen LogP contribution in [0.1, 0.15) is 15.9 Å². The summed E-state index contributed by atoms with van der Waals surface area (Å²) in [4.78, 5) is 12.3. The van der Waals surface area contributed by atoms with Crippen molar-refractivity contribution in [2.24, 2.45) is 0 Å². The number of amides is 1. The molecule has 0 unspecified atom stereocenters. The number of hydrogen-bond donors (Lipinski definition) is 2. The molecule has 0 aromatic heterocycles. The van der Waals surface area contributed by atoms with Crippen molar-refractivity contribution in [3.05, 3.63) is 101 Å². The van der Waals surface area contributed by atoms with Crippen LogP contribution in [-0.4, -0.2) is 5.91 Å².